The first-order valence-electron chi connectivity index (χ1n) is 6.33. The van der Waals surface area contributed by atoms with Gasteiger partial charge in [-0.25, -0.2) is 13.6 Å². The van der Waals surface area contributed by atoms with Crippen molar-refractivity contribution in [2.45, 2.75) is 38.6 Å². The van der Waals surface area contributed by atoms with Crippen molar-refractivity contribution >= 4 is 11.9 Å². The average Bonchev–Trinajstić information content (AvgIpc) is 2.40. The topological polar surface area (TPSA) is 66.4 Å². The number of carboxylic acid groups (broad SMARTS) is 1. The maximum absolute atomic E-state index is 13.4. The minimum absolute atomic E-state index is 0.185. The summed E-state index contributed by atoms with van der Waals surface area (Å²) in [4.78, 5) is 23.1. The van der Waals surface area contributed by atoms with E-state index in [2.05, 4.69) is 5.32 Å². The van der Waals surface area contributed by atoms with Crippen LogP contribution in [0, 0.1) is 11.6 Å². The third kappa shape index (κ3) is 3.31. The SMILES string of the molecule is CCC(CC)(NC(=O)Cc1c(F)cccc1F)C(=O)O. The van der Waals surface area contributed by atoms with Crippen LogP contribution in [-0.2, 0) is 16.0 Å². The van der Waals surface area contributed by atoms with E-state index in [0.29, 0.717) is 0 Å². The molecule has 0 aliphatic carbocycles. The molecule has 0 aromatic heterocycles. The summed E-state index contributed by atoms with van der Waals surface area (Å²) in [5, 5.41) is 11.5. The van der Waals surface area contributed by atoms with Crippen LogP contribution in [0.2, 0.25) is 0 Å². The Kier molecular flexibility index (Phi) is 5.19. The molecular formula is C14H17F2NO3. The Bertz CT molecular complexity index is 493. The van der Waals surface area contributed by atoms with E-state index >= 15 is 0 Å². The molecule has 0 unspecified atom stereocenters. The second-order valence-corrected chi connectivity index (χ2v) is 4.52. The summed E-state index contributed by atoms with van der Waals surface area (Å²) in [6.07, 6.45) is -0.164. The Morgan fingerprint density at radius 3 is 2.10 bits per heavy atom. The lowest BCUT2D eigenvalue weighted by molar-refractivity contribution is -0.148. The standard InChI is InChI=1S/C14H17F2NO3/c1-3-14(4-2,13(19)20)17-12(18)8-9-10(15)6-5-7-11(9)16/h5-7H,3-4,8H2,1-2H3,(H,17,18)(H,19,20). The van der Waals surface area contributed by atoms with Crippen LogP contribution in [0.4, 0.5) is 8.78 Å². The van der Waals surface area contributed by atoms with Gasteiger partial charge < -0.3 is 10.4 Å². The molecule has 4 nitrogen and oxygen atoms in total. The molecular weight excluding hydrogens is 268 g/mol. The number of hydrogen-bond acceptors (Lipinski definition) is 2. The summed E-state index contributed by atoms with van der Waals surface area (Å²) in [6.45, 7) is 3.25. The quantitative estimate of drug-likeness (QED) is 0.842. The highest BCUT2D eigenvalue weighted by Gasteiger charge is 2.36. The number of carbonyl (C=O) groups is 2. The Hall–Kier alpha value is -1.98. The number of rotatable bonds is 6. The van der Waals surface area contributed by atoms with Crippen LogP contribution < -0.4 is 5.32 Å². The molecule has 1 aromatic carbocycles. The summed E-state index contributed by atoms with van der Waals surface area (Å²) in [5.41, 5.74) is -1.77. The van der Waals surface area contributed by atoms with Gasteiger partial charge >= 0.3 is 5.97 Å². The Morgan fingerprint density at radius 1 is 1.20 bits per heavy atom. The summed E-state index contributed by atoms with van der Waals surface area (Å²) in [5.74, 6) is -3.53. The van der Waals surface area contributed by atoms with Crippen LogP contribution in [0.3, 0.4) is 0 Å². The molecule has 0 radical (unpaired) electrons. The zero-order valence-electron chi connectivity index (χ0n) is 11.4. The lowest BCUT2D eigenvalue weighted by Gasteiger charge is -2.28. The van der Waals surface area contributed by atoms with Crippen molar-refractivity contribution in [3.05, 3.63) is 35.4 Å². The molecule has 0 spiro atoms. The fraction of sp³-hybridized carbons (Fsp3) is 0.429. The van der Waals surface area contributed by atoms with E-state index in [1.807, 2.05) is 0 Å². The molecule has 0 aliphatic heterocycles. The van der Waals surface area contributed by atoms with E-state index in [4.69, 9.17) is 0 Å². The molecule has 0 saturated heterocycles. The van der Waals surface area contributed by atoms with Crippen LogP contribution in [0.15, 0.2) is 18.2 Å². The molecule has 2 N–H and O–H groups in total. The van der Waals surface area contributed by atoms with Crippen molar-refractivity contribution in [3.8, 4) is 0 Å². The van der Waals surface area contributed by atoms with Gasteiger partial charge in [0, 0.05) is 5.56 Å². The number of hydrogen-bond donors (Lipinski definition) is 2. The van der Waals surface area contributed by atoms with Crippen molar-refractivity contribution in [3.63, 3.8) is 0 Å². The van der Waals surface area contributed by atoms with Gasteiger partial charge in [-0.3, -0.25) is 4.79 Å². The highest BCUT2D eigenvalue weighted by atomic mass is 19.1. The zero-order chi connectivity index (χ0) is 15.3. The van der Waals surface area contributed by atoms with Gasteiger partial charge in [0.2, 0.25) is 5.91 Å². The third-order valence-corrected chi connectivity index (χ3v) is 3.39. The van der Waals surface area contributed by atoms with Gasteiger partial charge in [-0.1, -0.05) is 19.9 Å². The molecule has 0 fully saturated rings. The average molecular weight is 285 g/mol. The number of nitrogens with one attached hydrogen (secondary N) is 1. The molecule has 110 valence electrons. The first kappa shape index (κ1) is 16.1. The fourth-order valence-electron chi connectivity index (χ4n) is 1.96. The largest absolute Gasteiger partial charge is 0.480 e. The molecule has 0 heterocycles. The number of benzene rings is 1. The highest BCUT2D eigenvalue weighted by molar-refractivity contribution is 5.87. The van der Waals surface area contributed by atoms with Crippen LogP contribution in [0.1, 0.15) is 32.3 Å². The Balaban J connectivity index is 2.89. The second-order valence-electron chi connectivity index (χ2n) is 4.52. The predicted octanol–water partition coefficient (Wildman–Crippen LogP) is 2.27. The van der Waals surface area contributed by atoms with Gasteiger partial charge in [-0.05, 0) is 25.0 Å². The van der Waals surface area contributed by atoms with Crippen molar-refractivity contribution in [1.29, 1.82) is 0 Å². The Morgan fingerprint density at radius 2 is 1.70 bits per heavy atom. The van der Waals surface area contributed by atoms with E-state index in [1.165, 1.54) is 6.07 Å². The summed E-state index contributed by atoms with van der Waals surface area (Å²) in [7, 11) is 0. The van der Waals surface area contributed by atoms with Crippen LogP contribution in [0.25, 0.3) is 0 Å². The number of halogens is 2. The van der Waals surface area contributed by atoms with E-state index < -0.39 is 35.5 Å². The first-order valence-corrected chi connectivity index (χ1v) is 6.33. The number of carbonyl (C=O) groups excluding carboxylic acids is 1. The number of aliphatic carboxylic acids is 1. The monoisotopic (exact) mass is 285 g/mol. The summed E-state index contributed by atoms with van der Waals surface area (Å²) >= 11 is 0. The molecule has 0 atom stereocenters. The van der Waals surface area contributed by atoms with Crippen molar-refractivity contribution < 1.29 is 23.5 Å². The minimum atomic E-state index is -1.40. The second kappa shape index (κ2) is 6.45. The third-order valence-electron chi connectivity index (χ3n) is 3.39. The number of carboxylic acids is 1. The van der Waals surface area contributed by atoms with Crippen LogP contribution in [0.5, 0.6) is 0 Å². The van der Waals surface area contributed by atoms with Crippen LogP contribution in [-0.4, -0.2) is 22.5 Å². The molecule has 0 saturated carbocycles. The van der Waals surface area contributed by atoms with Gasteiger partial charge in [0.05, 0.1) is 6.42 Å². The lowest BCUT2D eigenvalue weighted by Crippen LogP contribution is -2.54. The van der Waals surface area contributed by atoms with Gasteiger partial charge in [0.15, 0.2) is 0 Å². The van der Waals surface area contributed by atoms with Crippen molar-refractivity contribution in [2.24, 2.45) is 0 Å². The van der Waals surface area contributed by atoms with E-state index in [1.54, 1.807) is 13.8 Å². The van der Waals surface area contributed by atoms with E-state index in [0.717, 1.165) is 12.1 Å². The van der Waals surface area contributed by atoms with Gasteiger partial charge in [-0.2, -0.15) is 0 Å². The van der Waals surface area contributed by atoms with Crippen LogP contribution >= 0.6 is 0 Å². The van der Waals surface area contributed by atoms with Crippen molar-refractivity contribution in [2.75, 3.05) is 0 Å². The maximum Gasteiger partial charge on any atom is 0.329 e. The first-order chi connectivity index (χ1) is 9.36. The fourth-order valence-corrected chi connectivity index (χ4v) is 1.96. The Labute approximate surface area is 115 Å². The molecule has 1 aromatic rings. The molecule has 0 aliphatic rings. The van der Waals surface area contributed by atoms with E-state index in [-0.39, 0.29) is 18.4 Å². The minimum Gasteiger partial charge on any atom is -0.480 e. The molecule has 6 heteroatoms. The maximum atomic E-state index is 13.4. The van der Waals surface area contributed by atoms with Crippen molar-refractivity contribution in [1.82, 2.24) is 5.32 Å². The zero-order valence-corrected chi connectivity index (χ0v) is 11.4. The van der Waals surface area contributed by atoms with E-state index in [9.17, 15) is 23.5 Å². The molecule has 20 heavy (non-hydrogen) atoms. The molecule has 1 amide bonds. The van der Waals surface area contributed by atoms with Gasteiger partial charge in [0.25, 0.3) is 0 Å². The molecule has 1 rings (SSSR count). The predicted molar refractivity (Wildman–Crippen MR) is 69.2 cm³/mol. The summed E-state index contributed by atoms with van der Waals surface area (Å²) in [6, 6.07) is 3.30. The summed E-state index contributed by atoms with van der Waals surface area (Å²) < 4.78 is 26.9. The van der Waals surface area contributed by atoms with Gasteiger partial charge in [-0.15, -0.1) is 0 Å². The smallest absolute Gasteiger partial charge is 0.329 e. The molecule has 0 bridgehead atoms. The number of amides is 1. The lowest BCUT2D eigenvalue weighted by atomic mass is 9.92. The highest BCUT2D eigenvalue weighted by Crippen LogP contribution is 2.17. The normalized spacial score (nSPS) is 11.2. The van der Waals surface area contributed by atoms with Gasteiger partial charge in [0.1, 0.15) is 17.2 Å².